The third-order valence-corrected chi connectivity index (χ3v) is 4.13. The van der Waals surface area contributed by atoms with Gasteiger partial charge in [-0.3, -0.25) is 4.79 Å². The molecular formula is C19H16Cl2N2O4. The van der Waals surface area contributed by atoms with Crippen LogP contribution in [0.5, 0.6) is 17.2 Å². The second-order valence-electron chi connectivity index (χ2n) is 5.20. The number of nitrogens with one attached hydrogen (secondary N) is 1. The normalized spacial score (nSPS) is 10.7. The van der Waals surface area contributed by atoms with Crippen molar-refractivity contribution >= 4 is 40.9 Å². The van der Waals surface area contributed by atoms with E-state index in [1.165, 1.54) is 33.5 Å². The zero-order valence-electron chi connectivity index (χ0n) is 14.8. The molecule has 0 saturated carbocycles. The highest BCUT2D eigenvalue weighted by Gasteiger charge is 2.15. The molecular weight excluding hydrogens is 391 g/mol. The molecule has 1 N–H and O–H groups in total. The van der Waals surface area contributed by atoms with Crippen LogP contribution in [0.3, 0.4) is 0 Å². The Hall–Kier alpha value is -2.88. The van der Waals surface area contributed by atoms with Gasteiger partial charge in [-0.1, -0.05) is 23.2 Å². The lowest BCUT2D eigenvalue weighted by atomic mass is 10.1. The van der Waals surface area contributed by atoms with Crippen LogP contribution in [0.1, 0.15) is 5.56 Å². The molecule has 0 aliphatic heterocycles. The van der Waals surface area contributed by atoms with E-state index < -0.39 is 5.91 Å². The first kappa shape index (κ1) is 20.4. The second kappa shape index (κ2) is 9.17. The largest absolute Gasteiger partial charge is 0.496 e. The molecule has 0 heterocycles. The monoisotopic (exact) mass is 406 g/mol. The predicted octanol–water partition coefficient (Wildman–Crippen LogP) is 4.56. The highest BCUT2D eigenvalue weighted by Crippen LogP contribution is 2.35. The van der Waals surface area contributed by atoms with Crippen molar-refractivity contribution in [3.8, 4) is 23.3 Å². The Morgan fingerprint density at radius 2 is 1.67 bits per heavy atom. The summed E-state index contributed by atoms with van der Waals surface area (Å²) in [6.07, 6.45) is 1.39. The van der Waals surface area contributed by atoms with Gasteiger partial charge in [0.25, 0.3) is 5.91 Å². The number of nitriles is 1. The Balaban J connectivity index is 2.40. The molecule has 0 aliphatic carbocycles. The minimum atomic E-state index is -0.626. The molecule has 0 saturated heterocycles. The summed E-state index contributed by atoms with van der Waals surface area (Å²) in [5.41, 5.74) is 0.669. The summed E-state index contributed by atoms with van der Waals surface area (Å²) in [6, 6.07) is 9.71. The topological polar surface area (TPSA) is 80.6 Å². The van der Waals surface area contributed by atoms with Crippen LogP contribution in [0.15, 0.2) is 35.9 Å². The summed E-state index contributed by atoms with van der Waals surface area (Å²) in [5, 5.41) is 12.7. The number of amides is 1. The molecule has 2 rings (SSSR count). The van der Waals surface area contributed by atoms with Crippen LogP contribution >= 0.6 is 23.2 Å². The first-order valence-electron chi connectivity index (χ1n) is 7.61. The van der Waals surface area contributed by atoms with Crippen LogP contribution in [-0.4, -0.2) is 27.2 Å². The van der Waals surface area contributed by atoms with E-state index in [4.69, 9.17) is 37.4 Å². The van der Waals surface area contributed by atoms with E-state index in [2.05, 4.69) is 5.32 Å². The number of hydrogen-bond donors (Lipinski definition) is 1. The molecule has 0 radical (unpaired) electrons. The maximum Gasteiger partial charge on any atom is 0.266 e. The third-order valence-electron chi connectivity index (χ3n) is 3.58. The number of benzene rings is 2. The van der Waals surface area contributed by atoms with Crippen LogP contribution in [0.2, 0.25) is 10.0 Å². The van der Waals surface area contributed by atoms with Crippen molar-refractivity contribution in [2.24, 2.45) is 0 Å². The first-order valence-corrected chi connectivity index (χ1v) is 8.37. The highest BCUT2D eigenvalue weighted by atomic mass is 35.5. The minimum Gasteiger partial charge on any atom is -0.496 e. The van der Waals surface area contributed by atoms with Crippen molar-refractivity contribution in [2.75, 3.05) is 26.6 Å². The minimum absolute atomic E-state index is 0.147. The summed E-state index contributed by atoms with van der Waals surface area (Å²) in [4.78, 5) is 12.5. The van der Waals surface area contributed by atoms with Gasteiger partial charge in [0.2, 0.25) is 0 Å². The molecule has 0 unspecified atom stereocenters. The molecule has 1 amide bonds. The van der Waals surface area contributed by atoms with E-state index >= 15 is 0 Å². The number of anilines is 1. The molecule has 0 aromatic heterocycles. The van der Waals surface area contributed by atoms with Crippen LogP contribution in [0.4, 0.5) is 5.69 Å². The van der Waals surface area contributed by atoms with Crippen molar-refractivity contribution in [3.05, 3.63) is 51.5 Å². The molecule has 8 heteroatoms. The lowest BCUT2D eigenvalue weighted by Gasteiger charge is -2.12. The highest BCUT2D eigenvalue weighted by molar-refractivity contribution is 6.36. The van der Waals surface area contributed by atoms with Gasteiger partial charge in [0.1, 0.15) is 17.4 Å². The van der Waals surface area contributed by atoms with Gasteiger partial charge < -0.3 is 19.5 Å². The average molecular weight is 407 g/mol. The van der Waals surface area contributed by atoms with E-state index in [1.807, 2.05) is 6.07 Å². The zero-order valence-corrected chi connectivity index (χ0v) is 16.3. The fraction of sp³-hybridized carbons (Fsp3) is 0.158. The molecule has 6 nitrogen and oxygen atoms in total. The molecule has 0 bridgehead atoms. The van der Waals surface area contributed by atoms with Gasteiger partial charge in [0, 0.05) is 16.7 Å². The van der Waals surface area contributed by atoms with Gasteiger partial charge >= 0.3 is 0 Å². The molecule has 0 aliphatic rings. The maximum atomic E-state index is 12.5. The number of rotatable bonds is 6. The second-order valence-corrected chi connectivity index (χ2v) is 6.04. The lowest BCUT2D eigenvalue weighted by Crippen LogP contribution is -2.13. The summed E-state index contributed by atoms with van der Waals surface area (Å²) >= 11 is 11.9. The number of carbonyl (C=O) groups is 1. The number of halogens is 2. The van der Waals surface area contributed by atoms with Crippen molar-refractivity contribution in [1.29, 1.82) is 5.26 Å². The fourth-order valence-corrected chi connectivity index (χ4v) is 2.71. The van der Waals surface area contributed by atoms with Gasteiger partial charge in [0.15, 0.2) is 11.5 Å². The van der Waals surface area contributed by atoms with Crippen molar-refractivity contribution in [3.63, 3.8) is 0 Å². The van der Waals surface area contributed by atoms with E-state index in [0.717, 1.165) is 0 Å². The zero-order chi connectivity index (χ0) is 20.0. The Kier molecular flexibility index (Phi) is 6.94. The summed E-state index contributed by atoms with van der Waals surface area (Å²) in [5.74, 6) is 0.682. The number of hydrogen-bond acceptors (Lipinski definition) is 5. The van der Waals surface area contributed by atoms with Gasteiger partial charge in [0.05, 0.1) is 32.0 Å². The molecule has 0 fully saturated rings. The number of methoxy groups -OCH3 is 3. The maximum absolute atomic E-state index is 12.5. The summed E-state index contributed by atoms with van der Waals surface area (Å²) in [7, 11) is 4.45. The van der Waals surface area contributed by atoms with Crippen molar-refractivity contribution in [1.82, 2.24) is 0 Å². The Morgan fingerprint density at radius 3 is 2.22 bits per heavy atom. The van der Waals surface area contributed by atoms with E-state index in [0.29, 0.717) is 33.5 Å². The summed E-state index contributed by atoms with van der Waals surface area (Å²) < 4.78 is 15.8. The van der Waals surface area contributed by atoms with Gasteiger partial charge in [-0.25, -0.2) is 0 Å². The van der Waals surface area contributed by atoms with Crippen LogP contribution < -0.4 is 19.5 Å². The number of ether oxygens (including phenoxy) is 3. The Bertz CT molecular complexity index is 936. The Morgan fingerprint density at radius 1 is 1.04 bits per heavy atom. The van der Waals surface area contributed by atoms with Gasteiger partial charge in [-0.15, -0.1) is 0 Å². The molecule has 140 valence electrons. The number of nitrogens with zero attached hydrogens (tertiary/aromatic N) is 1. The molecule has 0 atom stereocenters. The van der Waals surface area contributed by atoms with Crippen LogP contribution in [-0.2, 0) is 4.79 Å². The lowest BCUT2D eigenvalue weighted by molar-refractivity contribution is -0.112. The fourth-order valence-electron chi connectivity index (χ4n) is 2.25. The van der Waals surface area contributed by atoms with Crippen molar-refractivity contribution in [2.45, 2.75) is 0 Å². The van der Waals surface area contributed by atoms with E-state index in [1.54, 1.807) is 24.3 Å². The first-order chi connectivity index (χ1) is 12.9. The quantitative estimate of drug-likeness (QED) is 0.561. The number of carbonyl (C=O) groups excluding carboxylic acids is 1. The molecule has 2 aromatic rings. The smallest absolute Gasteiger partial charge is 0.266 e. The average Bonchev–Trinajstić information content (AvgIpc) is 2.67. The molecule has 2 aromatic carbocycles. The third kappa shape index (κ3) is 4.85. The van der Waals surface area contributed by atoms with Gasteiger partial charge in [-0.2, -0.15) is 5.26 Å². The SMILES string of the molecule is COc1cc(OC)c(OC)cc1/C=C(\C#N)C(=O)Nc1ccc(Cl)cc1Cl. The standard InChI is InChI=1S/C19H16Cl2N2O4/c1-25-16-9-18(27-3)17(26-2)7-11(16)6-12(10-22)19(24)23-15-5-4-13(20)8-14(15)21/h4-9H,1-3H3,(H,23,24)/b12-6+. The van der Waals surface area contributed by atoms with Crippen LogP contribution in [0.25, 0.3) is 6.08 Å². The predicted molar refractivity (Wildman–Crippen MR) is 105 cm³/mol. The Labute approximate surface area is 166 Å². The van der Waals surface area contributed by atoms with Crippen molar-refractivity contribution < 1.29 is 19.0 Å². The van der Waals surface area contributed by atoms with Gasteiger partial charge in [-0.05, 0) is 30.3 Å². The summed E-state index contributed by atoms with van der Waals surface area (Å²) in [6.45, 7) is 0. The van der Waals surface area contributed by atoms with Crippen LogP contribution in [0, 0.1) is 11.3 Å². The molecule has 27 heavy (non-hydrogen) atoms. The van der Waals surface area contributed by atoms with E-state index in [9.17, 15) is 10.1 Å². The molecule has 0 spiro atoms. The van der Waals surface area contributed by atoms with E-state index in [-0.39, 0.29) is 10.6 Å².